The number of nitrogens with one attached hydrogen (secondary N) is 1. The van der Waals surface area contributed by atoms with Gasteiger partial charge in [0.2, 0.25) is 5.91 Å². The van der Waals surface area contributed by atoms with Crippen molar-refractivity contribution in [2.24, 2.45) is 0 Å². The summed E-state index contributed by atoms with van der Waals surface area (Å²) in [5.41, 5.74) is 0.180. The minimum Gasteiger partial charge on any atom is -0.871 e. The second kappa shape index (κ2) is 9.67. The van der Waals surface area contributed by atoms with Crippen LogP contribution >= 0.6 is 24.0 Å². The smallest absolute Gasteiger partial charge is 0.271 e. The molecule has 160 valence electrons. The Hall–Kier alpha value is -3.31. The molecular formula is C20H15FN3O5S2-. The number of hydrogen-bond donors (Lipinski definition) is 1. The minimum atomic E-state index is -0.663. The molecule has 1 fully saturated rings. The highest BCUT2D eigenvalue weighted by Crippen LogP contribution is 2.33. The van der Waals surface area contributed by atoms with Crippen LogP contribution in [0.1, 0.15) is 18.4 Å². The number of anilines is 1. The van der Waals surface area contributed by atoms with Crippen molar-refractivity contribution in [2.75, 3.05) is 11.9 Å². The van der Waals surface area contributed by atoms with Crippen molar-refractivity contribution < 1.29 is 24.0 Å². The molecule has 0 unspecified atom stereocenters. The van der Waals surface area contributed by atoms with Crippen molar-refractivity contribution in [3.8, 4) is 5.75 Å². The van der Waals surface area contributed by atoms with E-state index in [2.05, 4.69) is 5.32 Å². The van der Waals surface area contributed by atoms with E-state index in [0.29, 0.717) is 14.8 Å². The third kappa shape index (κ3) is 5.64. The van der Waals surface area contributed by atoms with Crippen molar-refractivity contribution in [3.05, 3.63) is 68.9 Å². The second-order valence-electron chi connectivity index (χ2n) is 6.47. The van der Waals surface area contributed by atoms with Gasteiger partial charge >= 0.3 is 0 Å². The van der Waals surface area contributed by atoms with Gasteiger partial charge in [0.25, 0.3) is 11.6 Å². The lowest BCUT2D eigenvalue weighted by atomic mass is 10.2. The van der Waals surface area contributed by atoms with Gasteiger partial charge in [0, 0.05) is 30.8 Å². The first-order chi connectivity index (χ1) is 14.7. The minimum absolute atomic E-state index is 0.0177. The number of hydrogen-bond acceptors (Lipinski definition) is 7. The second-order valence-corrected chi connectivity index (χ2v) is 8.15. The highest BCUT2D eigenvalue weighted by atomic mass is 32.2. The van der Waals surface area contributed by atoms with Crippen molar-refractivity contribution >= 4 is 57.6 Å². The number of amides is 2. The summed E-state index contributed by atoms with van der Waals surface area (Å²) in [5, 5.41) is 24.9. The molecule has 2 aromatic carbocycles. The lowest BCUT2D eigenvalue weighted by Gasteiger charge is -2.16. The summed E-state index contributed by atoms with van der Waals surface area (Å²) in [4.78, 5) is 36.6. The molecule has 2 aromatic rings. The van der Waals surface area contributed by atoms with Gasteiger partial charge in [-0.2, -0.15) is 0 Å². The van der Waals surface area contributed by atoms with Crippen LogP contribution in [0.25, 0.3) is 6.08 Å². The van der Waals surface area contributed by atoms with Gasteiger partial charge in [-0.3, -0.25) is 24.6 Å². The Morgan fingerprint density at radius 3 is 2.65 bits per heavy atom. The third-order valence-corrected chi connectivity index (χ3v) is 5.65. The van der Waals surface area contributed by atoms with Crippen LogP contribution in [-0.4, -0.2) is 32.5 Å². The summed E-state index contributed by atoms with van der Waals surface area (Å²) in [6.07, 6.45) is 1.87. The Labute approximate surface area is 185 Å². The Morgan fingerprint density at radius 1 is 1.26 bits per heavy atom. The monoisotopic (exact) mass is 460 g/mol. The van der Waals surface area contributed by atoms with Gasteiger partial charge in [-0.05, 0) is 30.2 Å². The number of rotatable bonds is 7. The normalized spacial score (nSPS) is 14.9. The van der Waals surface area contributed by atoms with E-state index in [1.807, 2.05) is 0 Å². The Balaban J connectivity index is 1.55. The summed E-state index contributed by atoms with van der Waals surface area (Å²) in [6.45, 7) is 0.192. The molecule has 1 aliphatic heterocycles. The molecule has 0 aromatic heterocycles. The lowest BCUT2D eigenvalue weighted by molar-refractivity contribution is -0.385. The zero-order valence-corrected chi connectivity index (χ0v) is 17.5. The molecular weight excluding hydrogens is 445 g/mol. The number of nitrogens with zero attached hydrogens (tertiary/aromatic N) is 2. The number of halogens is 1. The molecule has 2 amide bonds. The van der Waals surface area contributed by atoms with Gasteiger partial charge in [-0.1, -0.05) is 47.9 Å². The van der Waals surface area contributed by atoms with E-state index in [-0.39, 0.29) is 42.5 Å². The molecule has 0 bridgehead atoms. The summed E-state index contributed by atoms with van der Waals surface area (Å²) < 4.78 is 13.4. The van der Waals surface area contributed by atoms with E-state index < -0.39 is 16.6 Å². The molecule has 8 nitrogen and oxygen atoms in total. The van der Waals surface area contributed by atoms with Gasteiger partial charge < -0.3 is 10.4 Å². The molecule has 3 rings (SSSR count). The number of thiocarbonyl (C=S) groups is 1. The van der Waals surface area contributed by atoms with E-state index in [1.165, 1.54) is 17.0 Å². The molecule has 1 heterocycles. The number of non-ortho nitro benzene ring substituents is 1. The number of nitro groups is 1. The van der Waals surface area contributed by atoms with Crippen molar-refractivity contribution in [1.82, 2.24) is 4.90 Å². The van der Waals surface area contributed by atoms with Crippen LogP contribution in [0, 0.1) is 15.9 Å². The molecule has 0 spiro atoms. The van der Waals surface area contributed by atoms with Crippen LogP contribution in [0.5, 0.6) is 5.75 Å². The zero-order chi connectivity index (χ0) is 22.5. The fourth-order valence-corrected chi connectivity index (χ4v) is 4.05. The van der Waals surface area contributed by atoms with Crippen LogP contribution in [0.3, 0.4) is 0 Å². The first-order valence-electron chi connectivity index (χ1n) is 9.01. The number of thioether (sulfide) groups is 1. The number of nitro benzene ring substituents is 1. The van der Waals surface area contributed by atoms with Crippen molar-refractivity contribution in [3.63, 3.8) is 0 Å². The van der Waals surface area contributed by atoms with Crippen molar-refractivity contribution in [2.45, 2.75) is 12.8 Å². The van der Waals surface area contributed by atoms with E-state index in [0.717, 1.165) is 30.0 Å². The maximum atomic E-state index is 13.0. The average molecular weight is 460 g/mol. The predicted octanol–water partition coefficient (Wildman–Crippen LogP) is 3.43. The molecule has 1 saturated heterocycles. The first-order valence-corrected chi connectivity index (χ1v) is 10.2. The molecule has 0 radical (unpaired) electrons. The fourth-order valence-electron chi connectivity index (χ4n) is 2.74. The van der Waals surface area contributed by atoms with Crippen LogP contribution in [-0.2, 0) is 9.59 Å². The van der Waals surface area contributed by atoms with Gasteiger partial charge in [0.05, 0.1) is 9.83 Å². The van der Waals surface area contributed by atoms with Gasteiger partial charge in [0.15, 0.2) is 0 Å². The SMILES string of the molecule is O=C(CCCN1C(=O)/C(=C\c2ccc(F)cc2)SC1=S)Nc1cc([N+](=O)[O-])ccc1[O-]. The molecule has 11 heteroatoms. The van der Waals surface area contributed by atoms with E-state index >= 15 is 0 Å². The predicted molar refractivity (Wildman–Crippen MR) is 117 cm³/mol. The van der Waals surface area contributed by atoms with E-state index in [4.69, 9.17) is 12.2 Å². The average Bonchev–Trinajstić information content (AvgIpc) is 2.98. The summed E-state index contributed by atoms with van der Waals surface area (Å²) in [5.74, 6) is -1.73. The van der Waals surface area contributed by atoms with Crippen LogP contribution in [0.4, 0.5) is 15.8 Å². The van der Waals surface area contributed by atoms with Gasteiger partial charge in [-0.25, -0.2) is 4.39 Å². The van der Waals surface area contributed by atoms with E-state index in [1.54, 1.807) is 18.2 Å². The molecule has 1 N–H and O–H groups in total. The molecule has 1 aliphatic rings. The summed E-state index contributed by atoms with van der Waals surface area (Å²) >= 11 is 6.35. The Bertz CT molecular complexity index is 1090. The number of benzene rings is 2. The first kappa shape index (κ1) is 22.4. The van der Waals surface area contributed by atoms with E-state index in [9.17, 15) is 29.2 Å². The fraction of sp³-hybridized carbons (Fsp3) is 0.150. The topological polar surface area (TPSA) is 116 Å². The Morgan fingerprint density at radius 2 is 1.97 bits per heavy atom. The quantitative estimate of drug-likeness (QED) is 0.291. The number of carbonyl (C=O) groups is 2. The molecule has 0 aliphatic carbocycles. The Kier molecular flexibility index (Phi) is 6.98. The maximum absolute atomic E-state index is 13.0. The molecule has 0 saturated carbocycles. The number of carbonyl (C=O) groups excluding carboxylic acids is 2. The zero-order valence-electron chi connectivity index (χ0n) is 15.9. The van der Waals surface area contributed by atoms with Crippen LogP contribution in [0.2, 0.25) is 0 Å². The van der Waals surface area contributed by atoms with Crippen LogP contribution in [0.15, 0.2) is 47.4 Å². The molecule has 31 heavy (non-hydrogen) atoms. The largest absolute Gasteiger partial charge is 0.871 e. The lowest BCUT2D eigenvalue weighted by Crippen LogP contribution is -2.29. The maximum Gasteiger partial charge on any atom is 0.271 e. The van der Waals surface area contributed by atoms with Gasteiger partial charge in [0.1, 0.15) is 10.1 Å². The third-order valence-electron chi connectivity index (χ3n) is 4.27. The highest BCUT2D eigenvalue weighted by molar-refractivity contribution is 8.26. The highest BCUT2D eigenvalue weighted by Gasteiger charge is 2.31. The van der Waals surface area contributed by atoms with Gasteiger partial charge in [-0.15, -0.1) is 0 Å². The van der Waals surface area contributed by atoms with Crippen molar-refractivity contribution in [1.29, 1.82) is 0 Å². The standard InChI is InChI=1S/C20H16FN3O5S2/c21-13-5-3-12(4-6-13)10-17-19(27)23(20(30)31-17)9-1-2-18(26)22-15-11-14(24(28)29)7-8-16(15)25/h3-8,10-11,25H,1-2,9H2,(H,22,26)/p-1/b17-10+. The van der Waals surface area contributed by atoms with Crippen LogP contribution < -0.4 is 10.4 Å². The molecule has 0 atom stereocenters. The summed E-state index contributed by atoms with van der Waals surface area (Å²) in [7, 11) is 0. The summed E-state index contributed by atoms with van der Waals surface area (Å²) in [6, 6.07) is 8.75.